The van der Waals surface area contributed by atoms with Gasteiger partial charge in [0, 0.05) is 50.2 Å². The quantitative estimate of drug-likeness (QED) is 0.190. The smallest absolute Gasteiger partial charge is 0.317 e. The van der Waals surface area contributed by atoms with Crippen molar-refractivity contribution in [2.24, 2.45) is 16.8 Å². The second kappa shape index (κ2) is 16.4. The van der Waals surface area contributed by atoms with Gasteiger partial charge in [-0.25, -0.2) is 4.79 Å². The molecule has 2 fully saturated rings. The van der Waals surface area contributed by atoms with Crippen molar-refractivity contribution in [2.75, 3.05) is 46.9 Å². The van der Waals surface area contributed by atoms with Crippen LogP contribution in [-0.4, -0.2) is 69.8 Å². The van der Waals surface area contributed by atoms with Crippen LogP contribution in [0.15, 0.2) is 29.3 Å². The predicted octanol–water partition coefficient (Wildman–Crippen LogP) is 4.02. The summed E-state index contributed by atoms with van der Waals surface area (Å²) in [6.45, 7) is 3.18. The van der Waals surface area contributed by atoms with E-state index in [0.29, 0.717) is 36.6 Å². The van der Waals surface area contributed by atoms with E-state index in [9.17, 15) is 4.79 Å². The minimum Gasteiger partial charge on any atom is -0.371 e. The maximum absolute atomic E-state index is 13.2. The summed E-state index contributed by atoms with van der Waals surface area (Å²) in [5.41, 5.74) is 0.945. The summed E-state index contributed by atoms with van der Waals surface area (Å²) in [6, 6.07) is 7.79. The van der Waals surface area contributed by atoms with Crippen LogP contribution in [0.25, 0.3) is 0 Å². The molecule has 1 aliphatic carbocycles. The molecule has 1 aliphatic heterocycles. The fourth-order valence-electron chi connectivity index (χ4n) is 5.57. The van der Waals surface area contributed by atoms with Crippen LogP contribution in [0.3, 0.4) is 0 Å². The highest BCUT2D eigenvalue weighted by atomic mass is 35.5. The van der Waals surface area contributed by atoms with E-state index in [1.807, 2.05) is 36.2 Å². The number of aliphatic imine (C=N–C) groups is 1. The van der Waals surface area contributed by atoms with Gasteiger partial charge in [0.05, 0.1) is 12.7 Å². The Hall–Kier alpha value is -2.54. The topological polar surface area (TPSA) is 114 Å². The second-order valence-corrected chi connectivity index (χ2v) is 10.9. The van der Waals surface area contributed by atoms with Crippen LogP contribution in [-0.2, 0) is 4.74 Å². The number of likely N-dealkylation sites (N-methyl/N-ethyl adjacent to an activating group) is 1. The fraction of sp³-hybridized carbons (Fsp3) is 0.679. The number of guanidine groups is 1. The van der Waals surface area contributed by atoms with Gasteiger partial charge in [0.25, 0.3) is 0 Å². The highest BCUT2D eigenvalue weighted by Crippen LogP contribution is 2.28. The van der Waals surface area contributed by atoms with Gasteiger partial charge >= 0.3 is 6.03 Å². The highest BCUT2D eigenvalue weighted by molar-refractivity contribution is 6.30. The van der Waals surface area contributed by atoms with Crippen molar-refractivity contribution in [3.63, 3.8) is 0 Å². The molecule has 210 valence electrons. The molecule has 0 radical (unpaired) electrons. The number of nitrogens with one attached hydrogen (secondary N) is 4. The molecule has 3 atom stereocenters. The van der Waals surface area contributed by atoms with E-state index in [-0.39, 0.29) is 24.1 Å². The summed E-state index contributed by atoms with van der Waals surface area (Å²) in [7, 11) is 3.65. The summed E-state index contributed by atoms with van der Waals surface area (Å²) < 4.78 is 6.39. The number of benzene rings is 1. The van der Waals surface area contributed by atoms with Crippen molar-refractivity contribution in [2.45, 2.75) is 63.5 Å². The van der Waals surface area contributed by atoms with E-state index in [1.54, 1.807) is 13.2 Å². The lowest BCUT2D eigenvalue weighted by molar-refractivity contribution is 0.0146. The molecule has 38 heavy (non-hydrogen) atoms. The first-order valence-electron chi connectivity index (χ1n) is 14.0. The summed E-state index contributed by atoms with van der Waals surface area (Å²) in [4.78, 5) is 18.9. The molecule has 1 heterocycles. The number of likely N-dealkylation sites (tertiary alicyclic amines) is 1. The lowest BCUT2D eigenvalue weighted by Crippen LogP contribution is -2.51. The second-order valence-electron chi connectivity index (χ2n) is 10.5. The van der Waals surface area contributed by atoms with Gasteiger partial charge in [0.2, 0.25) is 12.2 Å². The number of nitriles is 1. The van der Waals surface area contributed by atoms with Crippen molar-refractivity contribution in [1.82, 2.24) is 26.2 Å². The molecule has 0 spiro atoms. The first kappa shape index (κ1) is 30.0. The third-order valence-electron chi connectivity index (χ3n) is 7.53. The van der Waals surface area contributed by atoms with E-state index < -0.39 is 0 Å². The Balaban J connectivity index is 1.55. The van der Waals surface area contributed by atoms with Gasteiger partial charge in [-0.3, -0.25) is 0 Å². The first-order chi connectivity index (χ1) is 18.5. The van der Waals surface area contributed by atoms with Crippen molar-refractivity contribution in [3.05, 3.63) is 34.9 Å². The molecule has 0 aromatic heterocycles. The van der Waals surface area contributed by atoms with E-state index in [0.717, 1.165) is 37.9 Å². The third-order valence-corrected chi connectivity index (χ3v) is 7.77. The maximum Gasteiger partial charge on any atom is 0.317 e. The standard InChI is InChI=1S/C28H44ClN7O2/c1-31-16-25(14-21-8-4-3-5-9-21)35-28(37)36-13-7-10-22(18-36)19-38-26(17-33-27(32-2)34-20-30)23-11-6-12-24(29)15-23/h6,11-12,15,21-22,25-26,31H,3-5,7-10,13-14,16-19H2,1-2H3,(H,35,37)(H2,32,33,34)/t22-,25+,26+/m1/s1. The van der Waals surface area contributed by atoms with Gasteiger partial charge in [0.1, 0.15) is 0 Å². The molecule has 1 aromatic carbocycles. The van der Waals surface area contributed by atoms with Crippen LogP contribution in [0, 0.1) is 23.3 Å². The van der Waals surface area contributed by atoms with Gasteiger partial charge in [-0.1, -0.05) is 55.8 Å². The molecule has 9 nitrogen and oxygen atoms in total. The summed E-state index contributed by atoms with van der Waals surface area (Å²) >= 11 is 6.25. The van der Waals surface area contributed by atoms with Crippen LogP contribution < -0.4 is 21.3 Å². The van der Waals surface area contributed by atoms with Crippen LogP contribution >= 0.6 is 11.6 Å². The molecule has 1 aromatic rings. The van der Waals surface area contributed by atoms with Gasteiger partial charge in [-0.05, 0) is 49.9 Å². The number of piperidine rings is 1. The Bertz CT molecular complexity index is 932. The van der Waals surface area contributed by atoms with E-state index >= 15 is 0 Å². The summed E-state index contributed by atoms with van der Waals surface area (Å²) in [6.07, 6.45) is 11.0. The number of carbonyl (C=O) groups excluding carboxylic acids is 1. The van der Waals surface area contributed by atoms with Gasteiger partial charge in [0.15, 0.2) is 0 Å². The van der Waals surface area contributed by atoms with Crippen LogP contribution in [0.2, 0.25) is 5.02 Å². The van der Waals surface area contributed by atoms with Crippen LogP contribution in [0.1, 0.15) is 63.0 Å². The number of ether oxygens (including phenoxy) is 1. The molecule has 2 aliphatic rings. The van der Waals surface area contributed by atoms with Gasteiger partial charge in [-0.15, -0.1) is 4.99 Å². The Morgan fingerprint density at radius 3 is 2.68 bits per heavy atom. The van der Waals surface area contributed by atoms with Gasteiger partial charge < -0.3 is 30.9 Å². The molecule has 2 amide bonds. The Morgan fingerprint density at radius 1 is 1.18 bits per heavy atom. The van der Waals surface area contributed by atoms with E-state index in [2.05, 4.69) is 26.3 Å². The molecule has 0 bridgehead atoms. The molecule has 10 heteroatoms. The molecule has 1 saturated carbocycles. The minimum atomic E-state index is -0.286. The SMILES string of the molecule is CNC[C@H](CC1CCCCC1)NC(=O)N1CCC[C@@H](CO[C@@H](CNC(=NC#N)NC)c2cccc(Cl)c2)C1. The number of carbonyl (C=O) groups is 1. The van der Waals surface area contributed by atoms with Crippen LogP contribution in [0.4, 0.5) is 4.79 Å². The Kier molecular flexibility index (Phi) is 13.0. The third kappa shape index (κ3) is 9.97. The van der Waals surface area contributed by atoms with Crippen molar-refractivity contribution >= 4 is 23.6 Å². The van der Waals surface area contributed by atoms with E-state index in [4.69, 9.17) is 21.6 Å². The zero-order valence-electron chi connectivity index (χ0n) is 22.8. The Morgan fingerprint density at radius 2 is 1.97 bits per heavy atom. The largest absolute Gasteiger partial charge is 0.371 e. The van der Waals surface area contributed by atoms with Crippen molar-refractivity contribution < 1.29 is 9.53 Å². The number of urea groups is 1. The molecule has 3 rings (SSSR count). The molecular formula is C28H44ClN7O2. The number of halogens is 1. The predicted molar refractivity (Wildman–Crippen MR) is 152 cm³/mol. The highest BCUT2D eigenvalue weighted by Gasteiger charge is 2.27. The number of hydrogen-bond acceptors (Lipinski definition) is 5. The molecule has 1 saturated heterocycles. The van der Waals surface area contributed by atoms with Gasteiger partial charge in [-0.2, -0.15) is 5.26 Å². The summed E-state index contributed by atoms with van der Waals surface area (Å²) in [5, 5.41) is 22.1. The number of amides is 2. The van der Waals surface area contributed by atoms with Crippen LogP contribution in [0.5, 0.6) is 0 Å². The maximum atomic E-state index is 13.2. The average molecular weight is 546 g/mol. The monoisotopic (exact) mass is 545 g/mol. The summed E-state index contributed by atoms with van der Waals surface area (Å²) in [5.74, 6) is 1.34. The number of rotatable bonds is 11. The molecule has 4 N–H and O–H groups in total. The fourth-order valence-corrected chi connectivity index (χ4v) is 5.77. The average Bonchev–Trinajstić information content (AvgIpc) is 2.93. The first-order valence-corrected chi connectivity index (χ1v) is 14.4. The normalized spacial score (nSPS) is 20.3. The lowest BCUT2D eigenvalue weighted by Gasteiger charge is -2.35. The Labute approximate surface area is 232 Å². The number of nitrogens with zero attached hydrogens (tertiary/aromatic N) is 3. The van der Waals surface area contributed by atoms with Crippen molar-refractivity contribution in [1.29, 1.82) is 5.26 Å². The minimum absolute atomic E-state index is 0.0326. The molecule has 0 unspecified atom stereocenters. The molecular weight excluding hydrogens is 502 g/mol. The lowest BCUT2D eigenvalue weighted by atomic mass is 9.85. The van der Waals surface area contributed by atoms with E-state index in [1.165, 1.54) is 32.1 Å². The van der Waals surface area contributed by atoms with Crippen molar-refractivity contribution in [3.8, 4) is 6.19 Å². The number of hydrogen-bond donors (Lipinski definition) is 4. The zero-order chi connectivity index (χ0) is 27.2. The zero-order valence-corrected chi connectivity index (χ0v) is 23.6.